The van der Waals surface area contributed by atoms with Gasteiger partial charge in [0.2, 0.25) is 0 Å². The van der Waals surface area contributed by atoms with Gasteiger partial charge in [0.15, 0.2) is 0 Å². The molecule has 1 rings (SSSR count). The van der Waals surface area contributed by atoms with E-state index in [0.717, 1.165) is 25.7 Å². The minimum absolute atomic E-state index is 0.155. The van der Waals surface area contributed by atoms with Crippen LogP contribution in [0.3, 0.4) is 0 Å². The first-order valence-corrected chi connectivity index (χ1v) is 5.66. The maximum Gasteiger partial charge on any atom is 0.252 e. The Bertz CT molecular complexity index is 161. The molecular weight excluding hydrogens is 184 g/mol. The molecule has 1 atom stereocenters. The summed E-state index contributed by atoms with van der Waals surface area (Å²) in [5, 5.41) is 0. The smallest absolute Gasteiger partial charge is 0.252 e. The summed E-state index contributed by atoms with van der Waals surface area (Å²) in [6.45, 7) is 1.66. The topological polar surface area (TPSA) is 26.0 Å². The van der Waals surface area contributed by atoms with Crippen LogP contribution < -0.4 is 5.73 Å². The highest BCUT2D eigenvalue weighted by Gasteiger charge is 2.39. The number of halogens is 2. The molecule has 0 radical (unpaired) electrons. The summed E-state index contributed by atoms with van der Waals surface area (Å²) in [4.78, 5) is 0. The second-order valence-electron chi connectivity index (χ2n) is 4.63. The van der Waals surface area contributed by atoms with Crippen molar-refractivity contribution in [3.8, 4) is 0 Å². The predicted molar refractivity (Wildman–Crippen MR) is 54.4 cm³/mol. The van der Waals surface area contributed by atoms with Crippen molar-refractivity contribution in [2.75, 3.05) is 0 Å². The van der Waals surface area contributed by atoms with Gasteiger partial charge < -0.3 is 5.73 Å². The van der Waals surface area contributed by atoms with Gasteiger partial charge in [-0.05, 0) is 19.8 Å². The third kappa shape index (κ3) is 3.52. The molecule has 0 spiro atoms. The van der Waals surface area contributed by atoms with Gasteiger partial charge in [0.25, 0.3) is 5.92 Å². The summed E-state index contributed by atoms with van der Waals surface area (Å²) in [6, 6.07) is -0.395. The third-order valence-electron chi connectivity index (χ3n) is 3.05. The maximum absolute atomic E-state index is 13.7. The highest BCUT2D eigenvalue weighted by atomic mass is 19.3. The van der Waals surface area contributed by atoms with Crippen molar-refractivity contribution < 1.29 is 8.78 Å². The number of hydrogen-bond donors (Lipinski definition) is 1. The van der Waals surface area contributed by atoms with Crippen LogP contribution in [0.25, 0.3) is 0 Å². The first kappa shape index (κ1) is 11.9. The van der Waals surface area contributed by atoms with E-state index in [1.807, 2.05) is 0 Å². The molecule has 2 N–H and O–H groups in total. The molecule has 14 heavy (non-hydrogen) atoms. The lowest BCUT2D eigenvalue weighted by atomic mass is 9.89. The molecular formula is C11H21F2N. The third-order valence-corrected chi connectivity index (χ3v) is 3.05. The van der Waals surface area contributed by atoms with E-state index in [0.29, 0.717) is 12.8 Å². The number of nitrogens with two attached hydrogens (primary N) is 1. The van der Waals surface area contributed by atoms with Crippen LogP contribution >= 0.6 is 0 Å². The fourth-order valence-corrected chi connectivity index (χ4v) is 2.30. The second-order valence-corrected chi connectivity index (χ2v) is 4.63. The lowest BCUT2D eigenvalue weighted by Gasteiger charge is -2.27. The Hall–Kier alpha value is -0.180. The molecule has 1 aliphatic carbocycles. The highest BCUT2D eigenvalue weighted by Crippen LogP contribution is 2.38. The minimum atomic E-state index is -2.54. The van der Waals surface area contributed by atoms with E-state index in [-0.39, 0.29) is 6.42 Å². The Morgan fingerprint density at radius 2 is 1.71 bits per heavy atom. The summed E-state index contributed by atoms with van der Waals surface area (Å²) in [5.74, 6) is -2.96. The number of rotatable bonds is 3. The Labute approximate surface area is 85.1 Å². The van der Waals surface area contributed by atoms with Crippen molar-refractivity contribution in [3.63, 3.8) is 0 Å². The lowest BCUT2D eigenvalue weighted by Crippen LogP contribution is -2.34. The number of hydrogen-bond acceptors (Lipinski definition) is 1. The summed E-state index contributed by atoms with van der Waals surface area (Å²) in [7, 11) is 0. The zero-order valence-electron chi connectivity index (χ0n) is 8.94. The van der Waals surface area contributed by atoms with Crippen LogP contribution in [-0.2, 0) is 0 Å². The van der Waals surface area contributed by atoms with E-state index in [1.165, 1.54) is 0 Å². The highest BCUT2D eigenvalue weighted by molar-refractivity contribution is 4.81. The molecule has 0 aliphatic heterocycles. The summed E-state index contributed by atoms with van der Waals surface area (Å²) < 4.78 is 27.3. The Kier molecular flexibility index (Phi) is 4.30. The largest absolute Gasteiger partial charge is 0.328 e. The predicted octanol–water partition coefficient (Wildman–Crippen LogP) is 3.33. The van der Waals surface area contributed by atoms with Crippen molar-refractivity contribution in [2.24, 2.45) is 11.7 Å². The van der Waals surface area contributed by atoms with Gasteiger partial charge in [-0.15, -0.1) is 0 Å². The van der Waals surface area contributed by atoms with E-state index in [9.17, 15) is 8.78 Å². The molecule has 3 heteroatoms. The van der Waals surface area contributed by atoms with E-state index in [4.69, 9.17) is 5.73 Å². The molecule has 84 valence electrons. The van der Waals surface area contributed by atoms with Gasteiger partial charge in [-0.2, -0.15) is 0 Å². The molecule has 1 fully saturated rings. The SMILES string of the molecule is CC(N)CC(F)(F)C1CCCCCC1. The first-order valence-electron chi connectivity index (χ1n) is 5.66. The van der Waals surface area contributed by atoms with Gasteiger partial charge in [0.1, 0.15) is 0 Å². The number of alkyl halides is 2. The molecule has 0 aromatic carbocycles. The average Bonchev–Trinajstić information content (AvgIpc) is 2.28. The van der Waals surface area contributed by atoms with Crippen molar-refractivity contribution in [3.05, 3.63) is 0 Å². The van der Waals surface area contributed by atoms with Crippen LogP contribution in [0.15, 0.2) is 0 Å². The van der Waals surface area contributed by atoms with E-state index in [2.05, 4.69) is 0 Å². The van der Waals surface area contributed by atoms with Gasteiger partial charge in [0.05, 0.1) is 0 Å². The Morgan fingerprint density at radius 1 is 1.21 bits per heavy atom. The van der Waals surface area contributed by atoms with Crippen LogP contribution in [0.4, 0.5) is 8.78 Å². The van der Waals surface area contributed by atoms with Crippen LogP contribution in [0.5, 0.6) is 0 Å². The fraction of sp³-hybridized carbons (Fsp3) is 1.00. The molecule has 0 saturated heterocycles. The molecule has 1 unspecified atom stereocenters. The normalized spacial score (nSPS) is 23.1. The molecule has 0 bridgehead atoms. The zero-order chi connectivity index (χ0) is 10.6. The second kappa shape index (κ2) is 5.06. The van der Waals surface area contributed by atoms with Crippen molar-refractivity contribution in [2.45, 2.75) is 63.8 Å². The van der Waals surface area contributed by atoms with E-state index in [1.54, 1.807) is 6.92 Å². The van der Waals surface area contributed by atoms with Crippen molar-refractivity contribution in [1.82, 2.24) is 0 Å². The van der Waals surface area contributed by atoms with Gasteiger partial charge >= 0.3 is 0 Å². The van der Waals surface area contributed by atoms with E-state index < -0.39 is 17.9 Å². The molecule has 0 heterocycles. The summed E-state index contributed by atoms with van der Waals surface area (Å²) >= 11 is 0. The quantitative estimate of drug-likeness (QED) is 0.703. The molecule has 0 amide bonds. The molecule has 1 aliphatic rings. The average molecular weight is 205 g/mol. The Morgan fingerprint density at radius 3 is 2.14 bits per heavy atom. The monoisotopic (exact) mass is 205 g/mol. The van der Waals surface area contributed by atoms with Gasteiger partial charge in [-0.1, -0.05) is 25.7 Å². The van der Waals surface area contributed by atoms with Crippen molar-refractivity contribution >= 4 is 0 Å². The van der Waals surface area contributed by atoms with Gasteiger partial charge in [-0.25, -0.2) is 8.78 Å². The maximum atomic E-state index is 13.7. The first-order chi connectivity index (χ1) is 6.52. The van der Waals surface area contributed by atoms with E-state index >= 15 is 0 Å². The Balaban J connectivity index is 2.50. The van der Waals surface area contributed by atoms with Gasteiger partial charge in [0, 0.05) is 18.4 Å². The fourth-order valence-electron chi connectivity index (χ4n) is 2.30. The summed E-state index contributed by atoms with van der Waals surface area (Å²) in [5.41, 5.74) is 5.44. The molecule has 0 aromatic heterocycles. The van der Waals surface area contributed by atoms with Crippen LogP contribution in [0, 0.1) is 5.92 Å². The lowest BCUT2D eigenvalue weighted by molar-refractivity contribution is -0.0738. The minimum Gasteiger partial charge on any atom is -0.328 e. The van der Waals surface area contributed by atoms with Crippen LogP contribution in [0.2, 0.25) is 0 Å². The molecule has 1 saturated carbocycles. The van der Waals surface area contributed by atoms with Crippen LogP contribution in [-0.4, -0.2) is 12.0 Å². The van der Waals surface area contributed by atoms with Gasteiger partial charge in [-0.3, -0.25) is 0 Å². The summed E-state index contributed by atoms with van der Waals surface area (Å²) in [6.07, 6.45) is 5.35. The standard InChI is InChI=1S/C11H21F2N/c1-9(14)8-11(12,13)10-6-4-2-3-5-7-10/h9-10H,2-8,14H2,1H3. The molecule has 1 nitrogen and oxygen atoms in total. The van der Waals surface area contributed by atoms with Crippen LogP contribution in [0.1, 0.15) is 51.9 Å². The van der Waals surface area contributed by atoms with Crippen molar-refractivity contribution in [1.29, 1.82) is 0 Å². The zero-order valence-corrected chi connectivity index (χ0v) is 8.94. The molecule has 0 aromatic rings.